The Labute approximate surface area is 75.2 Å². The molecule has 0 rings (SSSR count). The van der Waals surface area contributed by atoms with Crippen LogP contribution in [0.2, 0.25) is 0 Å². The molecule has 0 fully saturated rings. The SMILES string of the molecule is CCCC(C)N=C=NCC.Cl. The molecular weight excluding hydrogens is 160 g/mol. The first-order chi connectivity index (χ1) is 4.81. The van der Waals surface area contributed by atoms with E-state index in [4.69, 9.17) is 0 Å². The van der Waals surface area contributed by atoms with E-state index in [1.165, 1.54) is 6.42 Å². The second-order valence-corrected chi connectivity index (χ2v) is 2.34. The highest BCUT2D eigenvalue weighted by Crippen LogP contribution is 1.97. The first kappa shape index (κ1) is 13.3. The zero-order valence-electron chi connectivity index (χ0n) is 7.50. The molecule has 0 spiro atoms. The number of halogens is 1. The highest BCUT2D eigenvalue weighted by atomic mass is 35.5. The van der Waals surface area contributed by atoms with E-state index >= 15 is 0 Å². The molecule has 11 heavy (non-hydrogen) atoms. The molecule has 66 valence electrons. The van der Waals surface area contributed by atoms with Crippen molar-refractivity contribution in [3.63, 3.8) is 0 Å². The molecule has 2 nitrogen and oxygen atoms in total. The number of rotatable bonds is 4. The zero-order chi connectivity index (χ0) is 7.82. The van der Waals surface area contributed by atoms with Crippen LogP contribution in [-0.2, 0) is 0 Å². The summed E-state index contributed by atoms with van der Waals surface area (Å²) < 4.78 is 0. The molecule has 1 unspecified atom stereocenters. The molecule has 0 saturated heterocycles. The van der Waals surface area contributed by atoms with Gasteiger partial charge in [-0.05, 0) is 20.3 Å². The average Bonchev–Trinajstić information content (AvgIpc) is 1.89. The molecule has 0 N–H and O–H groups in total. The van der Waals surface area contributed by atoms with Crippen LogP contribution in [0, 0.1) is 0 Å². The smallest absolute Gasteiger partial charge is 0.0895 e. The van der Waals surface area contributed by atoms with Crippen molar-refractivity contribution in [1.82, 2.24) is 0 Å². The van der Waals surface area contributed by atoms with E-state index in [1.54, 1.807) is 0 Å². The van der Waals surface area contributed by atoms with E-state index in [0.717, 1.165) is 13.0 Å². The fraction of sp³-hybridized carbons (Fsp3) is 0.875. The predicted molar refractivity (Wildman–Crippen MR) is 52.0 cm³/mol. The molecular formula is C8H17ClN2. The van der Waals surface area contributed by atoms with Crippen LogP contribution in [0.5, 0.6) is 0 Å². The van der Waals surface area contributed by atoms with Gasteiger partial charge in [-0.3, -0.25) is 0 Å². The number of aliphatic imine (C=N–C) groups is 2. The zero-order valence-corrected chi connectivity index (χ0v) is 8.32. The summed E-state index contributed by atoms with van der Waals surface area (Å²) in [7, 11) is 0. The van der Waals surface area contributed by atoms with Crippen LogP contribution in [0.3, 0.4) is 0 Å². The Morgan fingerprint density at radius 1 is 1.36 bits per heavy atom. The Hall–Kier alpha value is -0.330. The maximum absolute atomic E-state index is 4.09. The second kappa shape index (κ2) is 9.67. The van der Waals surface area contributed by atoms with Crippen LogP contribution in [0.25, 0.3) is 0 Å². The first-order valence-corrected chi connectivity index (χ1v) is 3.92. The van der Waals surface area contributed by atoms with Crippen LogP contribution >= 0.6 is 12.4 Å². The van der Waals surface area contributed by atoms with E-state index in [0.29, 0.717) is 6.04 Å². The quantitative estimate of drug-likeness (QED) is 0.589. The highest BCUT2D eigenvalue weighted by molar-refractivity contribution is 5.85. The van der Waals surface area contributed by atoms with Gasteiger partial charge in [-0.1, -0.05) is 13.3 Å². The summed E-state index contributed by atoms with van der Waals surface area (Å²) in [6.45, 7) is 7.00. The minimum absolute atomic E-state index is 0. The maximum Gasteiger partial charge on any atom is 0.0895 e. The van der Waals surface area contributed by atoms with Gasteiger partial charge in [0.2, 0.25) is 0 Å². The fourth-order valence-electron chi connectivity index (χ4n) is 0.692. The van der Waals surface area contributed by atoms with Crippen molar-refractivity contribution >= 4 is 18.4 Å². The summed E-state index contributed by atoms with van der Waals surface area (Å²) in [4.78, 5) is 7.96. The Kier molecular flexibility index (Phi) is 11.7. The van der Waals surface area contributed by atoms with Crippen LogP contribution < -0.4 is 0 Å². The van der Waals surface area contributed by atoms with Crippen LogP contribution in [0.15, 0.2) is 9.98 Å². The van der Waals surface area contributed by atoms with Crippen molar-refractivity contribution in [3.05, 3.63) is 0 Å². The van der Waals surface area contributed by atoms with Crippen molar-refractivity contribution in [1.29, 1.82) is 0 Å². The van der Waals surface area contributed by atoms with Crippen molar-refractivity contribution in [2.75, 3.05) is 6.54 Å². The largest absolute Gasteiger partial charge is 0.226 e. The van der Waals surface area contributed by atoms with E-state index in [1.807, 2.05) is 6.92 Å². The molecule has 0 bridgehead atoms. The van der Waals surface area contributed by atoms with Crippen molar-refractivity contribution < 1.29 is 0 Å². The Morgan fingerprint density at radius 2 is 2.00 bits per heavy atom. The molecule has 0 radical (unpaired) electrons. The summed E-state index contributed by atoms with van der Waals surface area (Å²) >= 11 is 0. The molecule has 0 aromatic heterocycles. The van der Waals surface area contributed by atoms with Gasteiger partial charge in [-0.2, -0.15) is 0 Å². The van der Waals surface area contributed by atoms with Gasteiger partial charge in [0, 0.05) is 6.54 Å². The topological polar surface area (TPSA) is 24.7 Å². The lowest BCUT2D eigenvalue weighted by Gasteiger charge is -1.97. The third kappa shape index (κ3) is 9.67. The Bertz CT molecular complexity index is 128. The standard InChI is InChI=1S/C8H16N2.ClH/c1-4-6-8(3)10-7-9-5-2;/h8H,4-6H2,1-3H3;1H. The minimum atomic E-state index is 0. The van der Waals surface area contributed by atoms with Gasteiger partial charge >= 0.3 is 0 Å². The molecule has 0 heterocycles. The average molecular weight is 177 g/mol. The van der Waals surface area contributed by atoms with E-state index < -0.39 is 0 Å². The van der Waals surface area contributed by atoms with Crippen molar-refractivity contribution in [2.45, 2.75) is 39.7 Å². The summed E-state index contributed by atoms with van der Waals surface area (Å²) in [6.07, 6.45) is 2.31. The molecule has 3 heteroatoms. The molecule has 0 amide bonds. The maximum atomic E-state index is 4.09. The molecule has 0 aliphatic rings. The summed E-state index contributed by atoms with van der Waals surface area (Å²) in [6, 6.07) is 3.06. The van der Waals surface area contributed by atoms with Gasteiger partial charge in [0.1, 0.15) is 0 Å². The van der Waals surface area contributed by atoms with Gasteiger partial charge in [0.25, 0.3) is 0 Å². The molecule has 0 saturated carbocycles. The van der Waals surface area contributed by atoms with E-state index in [9.17, 15) is 0 Å². The van der Waals surface area contributed by atoms with Crippen LogP contribution in [0.4, 0.5) is 0 Å². The molecule has 0 aromatic carbocycles. The lowest BCUT2D eigenvalue weighted by molar-refractivity contribution is 0.657. The molecule has 0 aromatic rings. The second-order valence-electron chi connectivity index (χ2n) is 2.34. The summed E-state index contributed by atoms with van der Waals surface area (Å²) in [5, 5.41) is 0. The highest BCUT2D eigenvalue weighted by Gasteiger charge is 1.92. The van der Waals surface area contributed by atoms with Gasteiger partial charge < -0.3 is 0 Å². The third-order valence-corrected chi connectivity index (χ3v) is 1.21. The minimum Gasteiger partial charge on any atom is -0.226 e. The Balaban J connectivity index is 0. The van der Waals surface area contributed by atoms with Crippen molar-refractivity contribution in [3.8, 4) is 0 Å². The molecule has 1 atom stereocenters. The number of hydrogen-bond acceptors (Lipinski definition) is 2. The lowest BCUT2D eigenvalue weighted by atomic mass is 10.2. The number of hydrogen-bond donors (Lipinski definition) is 0. The third-order valence-electron chi connectivity index (χ3n) is 1.21. The lowest BCUT2D eigenvalue weighted by Crippen LogP contribution is -1.94. The van der Waals surface area contributed by atoms with Crippen molar-refractivity contribution in [2.24, 2.45) is 9.98 Å². The van der Waals surface area contributed by atoms with E-state index in [2.05, 4.69) is 29.8 Å². The first-order valence-electron chi connectivity index (χ1n) is 3.92. The van der Waals surface area contributed by atoms with Gasteiger partial charge in [0.15, 0.2) is 0 Å². The summed E-state index contributed by atoms with van der Waals surface area (Å²) in [5.41, 5.74) is 0. The molecule has 0 aliphatic heterocycles. The Morgan fingerprint density at radius 3 is 2.45 bits per heavy atom. The van der Waals surface area contributed by atoms with Crippen LogP contribution in [-0.4, -0.2) is 18.6 Å². The summed E-state index contributed by atoms with van der Waals surface area (Å²) in [5.74, 6) is 0. The van der Waals surface area contributed by atoms with E-state index in [-0.39, 0.29) is 12.4 Å². The fourth-order valence-corrected chi connectivity index (χ4v) is 0.692. The molecule has 0 aliphatic carbocycles. The van der Waals surface area contributed by atoms with Gasteiger partial charge in [-0.15, -0.1) is 12.4 Å². The van der Waals surface area contributed by atoms with Gasteiger partial charge in [0.05, 0.1) is 12.1 Å². The van der Waals surface area contributed by atoms with Gasteiger partial charge in [-0.25, -0.2) is 9.98 Å². The number of nitrogens with zero attached hydrogens (tertiary/aromatic N) is 2. The predicted octanol–water partition coefficient (Wildman–Crippen LogP) is 2.79. The normalized spacial score (nSPS) is 10.8. The van der Waals surface area contributed by atoms with Crippen LogP contribution in [0.1, 0.15) is 33.6 Å². The monoisotopic (exact) mass is 176 g/mol.